The van der Waals surface area contributed by atoms with Crippen molar-refractivity contribution in [3.8, 4) is 0 Å². The number of benzene rings is 1. The van der Waals surface area contributed by atoms with Gasteiger partial charge in [0, 0.05) is 40.3 Å². The fourth-order valence-corrected chi connectivity index (χ4v) is 4.45. The van der Waals surface area contributed by atoms with Crippen LogP contribution in [0.5, 0.6) is 0 Å². The molecule has 0 aliphatic carbocycles. The molecule has 26 heavy (non-hydrogen) atoms. The zero-order valence-corrected chi connectivity index (χ0v) is 15.9. The van der Waals surface area contributed by atoms with Gasteiger partial charge in [-0.2, -0.15) is 17.0 Å². The number of rotatable bonds is 5. The van der Waals surface area contributed by atoms with E-state index in [1.54, 1.807) is 0 Å². The molecule has 2 saturated heterocycles. The third-order valence-corrected chi connectivity index (χ3v) is 6.85. The summed E-state index contributed by atoms with van der Waals surface area (Å²) in [5, 5.41) is 0. The average Bonchev–Trinajstić information content (AvgIpc) is 2.91. The second-order valence-electron chi connectivity index (χ2n) is 6.75. The molecule has 0 bridgehead atoms. The van der Waals surface area contributed by atoms with E-state index in [2.05, 4.69) is 0 Å². The van der Waals surface area contributed by atoms with Crippen molar-refractivity contribution in [2.75, 3.05) is 40.3 Å². The first-order chi connectivity index (χ1) is 12.3. The summed E-state index contributed by atoms with van der Waals surface area (Å²) in [6, 6.07) is 8.93. The van der Waals surface area contributed by atoms with Crippen LogP contribution >= 0.6 is 0 Å². The zero-order valence-electron chi connectivity index (χ0n) is 15.0. The minimum Gasteiger partial charge on any atom is -0.289 e. The third-order valence-electron chi connectivity index (χ3n) is 4.91. The van der Waals surface area contributed by atoms with Gasteiger partial charge in [-0.3, -0.25) is 19.4 Å². The Kier molecular flexibility index (Phi) is 5.42. The number of carbonyl (C=O) groups is 2. The maximum absolute atomic E-state index is 12.7. The molecular weight excluding hydrogens is 356 g/mol. The molecule has 1 aromatic carbocycles. The van der Waals surface area contributed by atoms with E-state index in [0.29, 0.717) is 26.2 Å². The largest absolute Gasteiger partial charge is 0.289 e. The molecule has 0 N–H and O–H groups in total. The van der Waals surface area contributed by atoms with Gasteiger partial charge >= 0.3 is 0 Å². The van der Waals surface area contributed by atoms with Gasteiger partial charge in [-0.1, -0.05) is 30.3 Å². The molecule has 2 heterocycles. The summed E-state index contributed by atoms with van der Waals surface area (Å²) in [7, 11) is -0.440. The van der Waals surface area contributed by atoms with Crippen molar-refractivity contribution < 1.29 is 18.0 Å². The van der Waals surface area contributed by atoms with Crippen LogP contribution < -0.4 is 0 Å². The molecule has 1 aromatic rings. The van der Waals surface area contributed by atoms with Crippen molar-refractivity contribution in [2.45, 2.75) is 19.0 Å². The normalized spacial score (nSPS) is 23.2. The lowest BCUT2D eigenvalue weighted by Crippen LogP contribution is -2.55. The summed E-state index contributed by atoms with van der Waals surface area (Å²) < 4.78 is 27.0. The molecule has 1 atom stereocenters. The lowest BCUT2D eigenvalue weighted by atomic mass is 10.2. The Balaban J connectivity index is 1.63. The van der Waals surface area contributed by atoms with Crippen LogP contribution in [0.25, 0.3) is 0 Å². The summed E-state index contributed by atoms with van der Waals surface area (Å²) in [6.45, 7) is 1.80. The fraction of sp³-hybridized carbons (Fsp3) is 0.529. The molecule has 2 aliphatic heterocycles. The van der Waals surface area contributed by atoms with E-state index in [9.17, 15) is 18.0 Å². The molecule has 0 aromatic heterocycles. The Morgan fingerprint density at radius 3 is 2.23 bits per heavy atom. The minimum absolute atomic E-state index is 0.159. The van der Waals surface area contributed by atoms with Crippen LogP contribution in [0.1, 0.15) is 12.0 Å². The van der Waals surface area contributed by atoms with Crippen LogP contribution in [-0.4, -0.2) is 85.0 Å². The number of hydrogen-bond donors (Lipinski definition) is 0. The van der Waals surface area contributed by atoms with Crippen LogP contribution in [0.4, 0.5) is 0 Å². The van der Waals surface area contributed by atoms with Crippen LogP contribution in [-0.2, 0) is 26.3 Å². The van der Waals surface area contributed by atoms with Gasteiger partial charge in [-0.05, 0) is 5.56 Å². The van der Waals surface area contributed by atoms with Crippen LogP contribution in [0, 0.1) is 0 Å². The van der Waals surface area contributed by atoms with Crippen molar-refractivity contribution >= 4 is 22.0 Å². The zero-order chi connectivity index (χ0) is 18.9. The maximum atomic E-state index is 12.7. The molecule has 0 spiro atoms. The van der Waals surface area contributed by atoms with E-state index in [1.165, 1.54) is 27.6 Å². The van der Waals surface area contributed by atoms with E-state index in [0.717, 1.165) is 5.56 Å². The van der Waals surface area contributed by atoms with Crippen LogP contribution in [0.3, 0.4) is 0 Å². The second-order valence-corrected chi connectivity index (χ2v) is 8.89. The fourth-order valence-electron chi connectivity index (χ4n) is 3.36. The Hall–Kier alpha value is -1.81. The van der Waals surface area contributed by atoms with Gasteiger partial charge in [-0.25, -0.2) is 0 Å². The first kappa shape index (κ1) is 19.0. The Morgan fingerprint density at radius 2 is 1.65 bits per heavy atom. The number of piperazine rings is 1. The number of amides is 2. The monoisotopic (exact) mass is 380 g/mol. The molecule has 2 aliphatic rings. The summed E-state index contributed by atoms with van der Waals surface area (Å²) in [6.07, 6.45) is 0.159. The van der Waals surface area contributed by atoms with Crippen molar-refractivity contribution in [1.82, 2.24) is 18.4 Å². The smallest absolute Gasteiger partial charge is 0.281 e. The van der Waals surface area contributed by atoms with E-state index in [4.69, 9.17) is 0 Å². The molecule has 3 rings (SSSR count). The van der Waals surface area contributed by atoms with Gasteiger partial charge in [-0.15, -0.1) is 0 Å². The number of hydrogen-bond acceptors (Lipinski definition) is 5. The highest BCUT2D eigenvalue weighted by atomic mass is 32.2. The summed E-state index contributed by atoms with van der Waals surface area (Å²) >= 11 is 0. The Morgan fingerprint density at radius 1 is 1.04 bits per heavy atom. The van der Waals surface area contributed by atoms with Crippen molar-refractivity contribution in [1.29, 1.82) is 0 Å². The molecule has 142 valence electrons. The highest BCUT2D eigenvalue weighted by Gasteiger charge is 2.43. The second kappa shape index (κ2) is 7.43. The molecule has 0 radical (unpaired) electrons. The first-order valence-electron chi connectivity index (χ1n) is 8.60. The maximum Gasteiger partial charge on any atom is 0.281 e. The Bertz CT molecular complexity index is 773. The summed E-state index contributed by atoms with van der Waals surface area (Å²) in [5.74, 6) is -0.366. The number of carbonyl (C=O) groups excluding carboxylic acids is 2. The Labute approximate surface area is 154 Å². The lowest BCUT2D eigenvalue weighted by Gasteiger charge is -2.37. The molecular formula is C17H24N4O4S. The minimum atomic E-state index is -3.44. The van der Waals surface area contributed by atoms with Crippen molar-refractivity contribution in [2.24, 2.45) is 0 Å². The van der Waals surface area contributed by atoms with Gasteiger partial charge < -0.3 is 0 Å². The van der Waals surface area contributed by atoms with E-state index in [1.807, 2.05) is 35.2 Å². The highest BCUT2D eigenvalue weighted by molar-refractivity contribution is 7.86. The summed E-state index contributed by atoms with van der Waals surface area (Å²) in [5.41, 5.74) is 0.914. The molecule has 0 saturated carbocycles. The van der Waals surface area contributed by atoms with Gasteiger partial charge in [0.15, 0.2) is 0 Å². The molecule has 8 nitrogen and oxygen atoms in total. The van der Waals surface area contributed by atoms with Crippen LogP contribution in [0.2, 0.25) is 0 Å². The van der Waals surface area contributed by atoms with Crippen molar-refractivity contribution in [3.05, 3.63) is 35.9 Å². The van der Waals surface area contributed by atoms with E-state index in [-0.39, 0.29) is 24.8 Å². The molecule has 2 fully saturated rings. The number of likely N-dealkylation sites (tertiary alicyclic amines) is 1. The highest BCUT2D eigenvalue weighted by Crippen LogP contribution is 2.23. The molecule has 1 unspecified atom stereocenters. The quantitative estimate of drug-likeness (QED) is 0.658. The molecule has 2 amide bonds. The van der Waals surface area contributed by atoms with Crippen molar-refractivity contribution in [3.63, 3.8) is 0 Å². The first-order valence-corrected chi connectivity index (χ1v) is 10.00. The van der Waals surface area contributed by atoms with Gasteiger partial charge in [0.1, 0.15) is 0 Å². The number of nitrogens with zero attached hydrogens (tertiary/aromatic N) is 4. The van der Waals surface area contributed by atoms with Gasteiger partial charge in [0.05, 0.1) is 19.0 Å². The molecule has 9 heteroatoms. The SMILES string of the molecule is CN(C)S(=O)(=O)N1CCN(C2CC(=O)N(Cc3ccccc3)C2=O)CC1. The average molecular weight is 380 g/mol. The van der Waals surface area contributed by atoms with Gasteiger partial charge in [0.25, 0.3) is 10.2 Å². The number of imide groups is 1. The predicted octanol–water partition coefficient (Wildman–Crippen LogP) is -0.262. The van der Waals surface area contributed by atoms with E-state index >= 15 is 0 Å². The summed E-state index contributed by atoms with van der Waals surface area (Å²) in [4.78, 5) is 28.3. The van der Waals surface area contributed by atoms with Crippen LogP contribution in [0.15, 0.2) is 30.3 Å². The third kappa shape index (κ3) is 3.66. The lowest BCUT2D eigenvalue weighted by molar-refractivity contribution is -0.140. The predicted molar refractivity (Wildman–Crippen MR) is 96.2 cm³/mol. The standard InChI is InChI=1S/C17H24N4O4S/c1-18(2)26(24,25)20-10-8-19(9-11-20)15-12-16(22)21(17(15)23)13-14-6-4-3-5-7-14/h3-7,15H,8-13H2,1-2H3. The van der Waals surface area contributed by atoms with Gasteiger partial charge in [0.2, 0.25) is 11.8 Å². The van der Waals surface area contributed by atoms with E-state index < -0.39 is 16.3 Å². The topological polar surface area (TPSA) is 81.2 Å².